The number of imidazole rings is 1. The van der Waals surface area contributed by atoms with E-state index < -0.39 is 11.0 Å². The molecule has 2 aromatic heterocycles. The Hall–Kier alpha value is -1.53. The van der Waals surface area contributed by atoms with Crippen LogP contribution in [0.5, 0.6) is 0 Å². The van der Waals surface area contributed by atoms with Gasteiger partial charge in [-0.3, -0.25) is 4.98 Å². The molecule has 2 heterocycles. The van der Waals surface area contributed by atoms with Crippen molar-refractivity contribution in [3.05, 3.63) is 58.6 Å². The Morgan fingerprint density at radius 3 is 2.90 bits per heavy atom. The van der Waals surface area contributed by atoms with Gasteiger partial charge >= 0.3 is 0 Å². The Morgan fingerprint density at radius 2 is 2.05 bits per heavy atom. The van der Waals surface area contributed by atoms with Crippen LogP contribution in [0.1, 0.15) is 11.3 Å². The molecule has 0 radical (unpaired) electrons. The quantitative estimate of drug-likeness (QED) is 0.729. The molecule has 0 aliphatic carbocycles. The van der Waals surface area contributed by atoms with E-state index in [2.05, 4.69) is 25.9 Å². The average Bonchev–Trinajstić information content (AvgIpc) is 2.88. The molecule has 1 unspecified atom stereocenters. The summed E-state index contributed by atoms with van der Waals surface area (Å²) >= 11 is 3.47. The molecule has 0 aliphatic heterocycles. The molecule has 102 valence electrons. The maximum atomic E-state index is 12.5. The van der Waals surface area contributed by atoms with E-state index in [1.165, 1.54) is 0 Å². The molecular weight excluding hydrogens is 338 g/mol. The van der Waals surface area contributed by atoms with Crippen LogP contribution in [0.2, 0.25) is 0 Å². The van der Waals surface area contributed by atoms with Gasteiger partial charge in [0.25, 0.3) is 0 Å². The summed E-state index contributed by atoms with van der Waals surface area (Å²) in [6.07, 6.45) is 3.34. The highest BCUT2D eigenvalue weighted by molar-refractivity contribution is 9.10. The molecule has 4 nitrogen and oxygen atoms in total. The van der Waals surface area contributed by atoms with E-state index in [4.69, 9.17) is 0 Å². The van der Waals surface area contributed by atoms with Crippen molar-refractivity contribution in [2.24, 2.45) is 0 Å². The summed E-state index contributed by atoms with van der Waals surface area (Å²) in [5.74, 6) is 0.367. The SMILES string of the molecule is Cc1c(Br)ccnc1CS(=O)n1cnc2ccccc21. The van der Waals surface area contributed by atoms with Crippen molar-refractivity contribution in [1.82, 2.24) is 13.9 Å². The molecule has 1 aromatic carbocycles. The zero-order chi connectivity index (χ0) is 14.1. The number of rotatable bonds is 3. The first-order chi connectivity index (χ1) is 9.66. The number of benzene rings is 1. The number of hydrogen-bond acceptors (Lipinski definition) is 3. The van der Waals surface area contributed by atoms with Crippen molar-refractivity contribution in [3.63, 3.8) is 0 Å². The van der Waals surface area contributed by atoms with Crippen LogP contribution in [-0.2, 0) is 16.7 Å². The third kappa shape index (κ3) is 2.41. The van der Waals surface area contributed by atoms with Crippen LogP contribution in [0.25, 0.3) is 11.0 Å². The second-order valence-electron chi connectivity index (χ2n) is 4.39. The zero-order valence-corrected chi connectivity index (χ0v) is 13.2. The molecule has 3 rings (SSSR count). The molecule has 0 N–H and O–H groups in total. The van der Waals surface area contributed by atoms with Gasteiger partial charge in [0.15, 0.2) is 0 Å². The molecule has 0 spiro atoms. The fraction of sp³-hybridized carbons (Fsp3) is 0.143. The lowest BCUT2D eigenvalue weighted by Gasteiger charge is -2.07. The molecule has 20 heavy (non-hydrogen) atoms. The molecule has 3 aromatic rings. The Morgan fingerprint density at radius 1 is 1.25 bits per heavy atom. The minimum absolute atomic E-state index is 0.367. The number of fused-ring (bicyclic) bond motifs is 1. The highest BCUT2D eigenvalue weighted by atomic mass is 79.9. The number of hydrogen-bond donors (Lipinski definition) is 0. The average molecular weight is 350 g/mol. The summed E-state index contributed by atoms with van der Waals surface area (Å²) in [5.41, 5.74) is 3.57. The minimum Gasteiger partial charge on any atom is -0.260 e. The van der Waals surface area contributed by atoms with Crippen molar-refractivity contribution in [2.45, 2.75) is 12.7 Å². The van der Waals surface area contributed by atoms with Gasteiger partial charge in [0.05, 0.1) is 22.5 Å². The number of para-hydroxylation sites is 2. The summed E-state index contributed by atoms with van der Waals surface area (Å²) in [7, 11) is -1.23. The normalized spacial score (nSPS) is 12.7. The van der Waals surface area contributed by atoms with Crippen LogP contribution in [0.3, 0.4) is 0 Å². The van der Waals surface area contributed by atoms with Gasteiger partial charge in [0.1, 0.15) is 17.3 Å². The predicted molar refractivity (Wildman–Crippen MR) is 83.7 cm³/mol. The van der Waals surface area contributed by atoms with Crippen molar-refractivity contribution in [1.29, 1.82) is 0 Å². The van der Waals surface area contributed by atoms with Crippen LogP contribution >= 0.6 is 15.9 Å². The molecule has 0 saturated heterocycles. The first kappa shape index (κ1) is 13.5. The Kier molecular flexibility index (Phi) is 3.67. The maximum absolute atomic E-state index is 12.5. The van der Waals surface area contributed by atoms with Crippen LogP contribution in [0.4, 0.5) is 0 Å². The molecule has 0 amide bonds. The van der Waals surface area contributed by atoms with Crippen LogP contribution in [0, 0.1) is 6.92 Å². The van der Waals surface area contributed by atoms with Crippen molar-refractivity contribution < 1.29 is 4.21 Å². The molecule has 1 atom stereocenters. The van der Waals surface area contributed by atoms with E-state index in [9.17, 15) is 4.21 Å². The number of nitrogens with zero attached hydrogens (tertiary/aromatic N) is 3. The lowest BCUT2D eigenvalue weighted by Crippen LogP contribution is -2.08. The van der Waals surface area contributed by atoms with Crippen molar-refractivity contribution >= 4 is 37.9 Å². The Labute approximate surface area is 127 Å². The number of aromatic nitrogens is 3. The zero-order valence-electron chi connectivity index (χ0n) is 10.8. The van der Waals surface area contributed by atoms with Gasteiger partial charge < -0.3 is 0 Å². The molecular formula is C14H12BrN3OS. The van der Waals surface area contributed by atoms with Crippen molar-refractivity contribution in [2.75, 3.05) is 0 Å². The van der Waals surface area contributed by atoms with Gasteiger partial charge in [0.2, 0.25) is 0 Å². The van der Waals surface area contributed by atoms with E-state index in [1.54, 1.807) is 16.5 Å². The fourth-order valence-electron chi connectivity index (χ4n) is 1.98. The van der Waals surface area contributed by atoms with Gasteiger partial charge in [-0.15, -0.1) is 0 Å². The summed E-state index contributed by atoms with van der Waals surface area (Å²) in [6, 6.07) is 9.55. The molecule has 0 bridgehead atoms. The van der Waals surface area contributed by atoms with Crippen LogP contribution in [-0.4, -0.2) is 18.1 Å². The number of halogens is 1. The van der Waals surface area contributed by atoms with Gasteiger partial charge in [-0.1, -0.05) is 28.1 Å². The monoisotopic (exact) mass is 349 g/mol. The molecule has 6 heteroatoms. The molecule has 0 fully saturated rings. The highest BCUT2D eigenvalue weighted by Gasteiger charge is 2.12. The third-order valence-electron chi connectivity index (χ3n) is 3.14. The molecule has 0 saturated carbocycles. The Balaban J connectivity index is 1.95. The smallest absolute Gasteiger partial charge is 0.131 e. The molecule has 0 aliphatic rings. The first-order valence-corrected chi connectivity index (χ1v) is 8.14. The topological polar surface area (TPSA) is 47.8 Å². The summed E-state index contributed by atoms with van der Waals surface area (Å²) < 4.78 is 15.2. The minimum atomic E-state index is -1.23. The lowest BCUT2D eigenvalue weighted by molar-refractivity contribution is 0.677. The van der Waals surface area contributed by atoms with Gasteiger partial charge in [-0.25, -0.2) is 13.2 Å². The van der Waals surface area contributed by atoms with Gasteiger partial charge in [-0.2, -0.15) is 0 Å². The van der Waals surface area contributed by atoms with Gasteiger partial charge in [0, 0.05) is 10.7 Å². The predicted octanol–water partition coefficient (Wildman–Crippen LogP) is 3.21. The summed E-state index contributed by atoms with van der Waals surface area (Å²) in [4.78, 5) is 8.57. The largest absolute Gasteiger partial charge is 0.260 e. The highest BCUT2D eigenvalue weighted by Crippen LogP contribution is 2.20. The summed E-state index contributed by atoms with van der Waals surface area (Å²) in [6.45, 7) is 1.97. The van der Waals surface area contributed by atoms with E-state index >= 15 is 0 Å². The van der Waals surface area contributed by atoms with Crippen molar-refractivity contribution in [3.8, 4) is 0 Å². The fourth-order valence-corrected chi connectivity index (χ4v) is 3.52. The van der Waals surface area contributed by atoms with Gasteiger partial charge in [-0.05, 0) is 30.7 Å². The Bertz CT molecular complexity index is 800. The first-order valence-electron chi connectivity index (χ1n) is 6.08. The second-order valence-corrected chi connectivity index (χ2v) is 6.57. The van der Waals surface area contributed by atoms with Crippen LogP contribution < -0.4 is 0 Å². The maximum Gasteiger partial charge on any atom is 0.131 e. The van der Waals surface area contributed by atoms with E-state index in [0.717, 1.165) is 26.8 Å². The number of pyridine rings is 1. The lowest BCUT2D eigenvalue weighted by atomic mass is 10.2. The van der Waals surface area contributed by atoms with Crippen LogP contribution in [0.15, 0.2) is 47.3 Å². The van der Waals surface area contributed by atoms with E-state index in [0.29, 0.717) is 5.75 Å². The van der Waals surface area contributed by atoms with E-state index in [-0.39, 0.29) is 0 Å². The third-order valence-corrected chi connectivity index (χ3v) is 5.25. The second kappa shape index (κ2) is 5.46. The van der Waals surface area contributed by atoms with E-state index in [1.807, 2.05) is 37.3 Å². The standard InChI is InChI=1S/C14H12BrN3OS/c1-10-11(15)6-7-16-13(10)8-20(19)18-9-17-12-4-2-3-5-14(12)18/h2-7,9H,8H2,1H3. The summed E-state index contributed by atoms with van der Waals surface area (Å²) in [5, 5.41) is 0.